The van der Waals surface area contributed by atoms with E-state index >= 15 is 0 Å². The molecule has 0 N–H and O–H groups in total. The molecule has 1 saturated heterocycles. The van der Waals surface area contributed by atoms with Crippen LogP contribution < -0.4 is 4.74 Å². The standard InChI is InChI=1S/C21H27N3O3/c1-25-18-8-4-3-6-16(18)7-5-13-24-14-11-21(26-2,12-15-24)20-22-19(23-27-20)17-9-10-17/h3-8,17H,9-15H2,1-2H3/b7-5+. The maximum atomic E-state index is 5.87. The Balaban J connectivity index is 1.35. The normalized spacial score (nSPS) is 20.2. The van der Waals surface area contributed by atoms with Crippen molar-refractivity contribution in [1.29, 1.82) is 0 Å². The fourth-order valence-corrected chi connectivity index (χ4v) is 3.66. The highest BCUT2D eigenvalue weighted by atomic mass is 16.5. The summed E-state index contributed by atoms with van der Waals surface area (Å²) in [6, 6.07) is 8.05. The van der Waals surface area contributed by atoms with Crippen molar-refractivity contribution < 1.29 is 14.0 Å². The van der Waals surface area contributed by atoms with E-state index in [9.17, 15) is 0 Å². The van der Waals surface area contributed by atoms with Crippen LogP contribution in [0.4, 0.5) is 0 Å². The van der Waals surface area contributed by atoms with E-state index in [4.69, 9.17) is 14.0 Å². The molecule has 2 fully saturated rings. The third kappa shape index (κ3) is 3.92. The zero-order chi connectivity index (χ0) is 18.7. The maximum Gasteiger partial charge on any atom is 0.258 e. The van der Waals surface area contributed by atoms with Crippen LogP contribution in [0.5, 0.6) is 5.75 Å². The molecule has 27 heavy (non-hydrogen) atoms. The monoisotopic (exact) mass is 369 g/mol. The van der Waals surface area contributed by atoms with Gasteiger partial charge < -0.3 is 14.0 Å². The van der Waals surface area contributed by atoms with E-state index in [-0.39, 0.29) is 0 Å². The van der Waals surface area contributed by atoms with Gasteiger partial charge in [-0.2, -0.15) is 4.98 Å². The molecule has 0 bridgehead atoms. The van der Waals surface area contributed by atoms with Gasteiger partial charge in [0.25, 0.3) is 5.89 Å². The fourth-order valence-electron chi connectivity index (χ4n) is 3.66. The lowest BCUT2D eigenvalue weighted by atomic mass is 9.91. The average Bonchev–Trinajstić information content (AvgIpc) is 3.45. The summed E-state index contributed by atoms with van der Waals surface area (Å²) >= 11 is 0. The average molecular weight is 369 g/mol. The number of piperidine rings is 1. The Morgan fingerprint density at radius 2 is 2.00 bits per heavy atom. The van der Waals surface area contributed by atoms with Gasteiger partial charge in [0.2, 0.25) is 0 Å². The molecule has 0 radical (unpaired) electrons. The molecular weight excluding hydrogens is 342 g/mol. The second-order valence-electron chi connectivity index (χ2n) is 7.38. The van der Waals surface area contributed by atoms with Crippen molar-refractivity contribution in [3.05, 3.63) is 47.6 Å². The van der Waals surface area contributed by atoms with E-state index in [1.54, 1.807) is 14.2 Å². The highest BCUT2D eigenvalue weighted by Crippen LogP contribution is 2.41. The predicted molar refractivity (Wildman–Crippen MR) is 103 cm³/mol. The summed E-state index contributed by atoms with van der Waals surface area (Å²) in [7, 11) is 3.45. The van der Waals surface area contributed by atoms with Crippen LogP contribution in [0.3, 0.4) is 0 Å². The quantitative estimate of drug-likeness (QED) is 0.743. The summed E-state index contributed by atoms with van der Waals surface area (Å²) in [5.74, 6) is 2.89. The predicted octanol–water partition coefficient (Wildman–Crippen LogP) is 3.61. The molecule has 2 aromatic rings. The van der Waals surface area contributed by atoms with Crippen LogP contribution >= 0.6 is 0 Å². The van der Waals surface area contributed by atoms with Gasteiger partial charge in [-0.3, -0.25) is 4.90 Å². The molecule has 1 aliphatic heterocycles. The largest absolute Gasteiger partial charge is 0.496 e. The molecule has 1 aliphatic carbocycles. The first-order chi connectivity index (χ1) is 13.2. The molecule has 1 aromatic heterocycles. The maximum absolute atomic E-state index is 5.87. The van der Waals surface area contributed by atoms with Crippen LogP contribution in [-0.4, -0.2) is 48.9 Å². The molecule has 2 heterocycles. The molecule has 0 atom stereocenters. The number of methoxy groups -OCH3 is 2. The number of likely N-dealkylation sites (tertiary alicyclic amines) is 1. The van der Waals surface area contributed by atoms with E-state index in [1.807, 2.05) is 18.2 Å². The van der Waals surface area contributed by atoms with Crippen molar-refractivity contribution in [2.75, 3.05) is 33.9 Å². The molecule has 1 aromatic carbocycles. The lowest BCUT2D eigenvalue weighted by molar-refractivity contribution is -0.0812. The summed E-state index contributed by atoms with van der Waals surface area (Å²) in [4.78, 5) is 7.05. The Morgan fingerprint density at radius 3 is 2.70 bits per heavy atom. The number of hydrogen-bond donors (Lipinski definition) is 0. The number of ether oxygens (including phenoxy) is 2. The van der Waals surface area contributed by atoms with Gasteiger partial charge in [-0.15, -0.1) is 0 Å². The van der Waals surface area contributed by atoms with E-state index in [1.165, 1.54) is 12.8 Å². The smallest absolute Gasteiger partial charge is 0.258 e. The van der Waals surface area contributed by atoms with Crippen LogP contribution in [0.15, 0.2) is 34.9 Å². The van der Waals surface area contributed by atoms with Crippen molar-refractivity contribution in [3.63, 3.8) is 0 Å². The van der Waals surface area contributed by atoms with Crippen LogP contribution in [0.25, 0.3) is 6.08 Å². The summed E-state index contributed by atoms with van der Waals surface area (Å²) < 4.78 is 16.8. The van der Waals surface area contributed by atoms with Crippen molar-refractivity contribution >= 4 is 6.08 Å². The highest BCUT2D eigenvalue weighted by Gasteiger charge is 2.42. The third-order valence-electron chi connectivity index (χ3n) is 5.63. The zero-order valence-electron chi connectivity index (χ0n) is 16.1. The lowest BCUT2D eigenvalue weighted by Crippen LogP contribution is -2.44. The van der Waals surface area contributed by atoms with E-state index < -0.39 is 5.60 Å². The van der Waals surface area contributed by atoms with Crippen molar-refractivity contribution in [2.24, 2.45) is 0 Å². The Labute approximate surface area is 160 Å². The van der Waals surface area contributed by atoms with Crippen LogP contribution in [0, 0.1) is 0 Å². The summed E-state index contributed by atoms with van der Waals surface area (Å²) in [5.41, 5.74) is 0.657. The first kappa shape index (κ1) is 18.2. The summed E-state index contributed by atoms with van der Waals surface area (Å²) in [6.07, 6.45) is 8.37. The Bertz CT molecular complexity index is 789. The lowest BCUT2D eigenvalue weighted by Gasteiger charge is -2.37. The van der Waals surface area contributed by atoms with Crippen molar-refractivity contribution in [3.8, 4) is 5.75 Å². The minimum absolute atomic E-state index is 0.441. The van der Waals surface area contributed by atoms with Gasteiger partial charge in [0, 0.05) is 38.2 Å². The Morgan fingerprint density at radius 1 is 1.22 bits per heavy atom. The minimum atomic E-state index is -0.441. The number of hydrogen-bond acceptors (Lipinski definition) is 6. The number of aromatic nitrogens is 2. The van der Waals surface area contributed by atoms with E-state index in [0.29, 0.717) is 11.8 Å². The minimum Gasteiger partial charge on any atom is -0.496 e. The fraction of sp³-hybridized carbons (Fsp3) is 0.524. The summed E-state index contributed by atoms with van der Waals surface area (Å²) in [6.45, 7) is 2.77. The topological polar surface area (TPSA) is 60.6 Å². The zero-order valence-corrected chi connectivity index (χ0v) is 16.1. The molecule has 0 unspecified atom stereocenters. The third-order valence-corrected chi connectivity index (χ3v) is 5.63. The molecule has 6 heteroatoms. The number of benzene rings is 1. The first-order valence-electron chi connectivity index (χ1n) is 9.65. The number of nitrogens with zero attached hydrogens (tertiary/aromatic N) is 3. The second kappa shape index (κ2) is 7.82. The van der Waals surface area contributed by atoms with Crippen molar-refractivity contribution in [1.82, 2.24) is 15.0 Å². The number of rotatable bonds is 7. The van der Waals surface area contributed by atoms with Gasteiger partial charge in [-0.25, -0.2) is 0 Å². The van der Waals surface area contributed by atoms with Gasteiger partial charge >= 0.3 is 0 Å². The van der Waals surface area contributed by atoms with Gasteiger partial charge in [-0.1, -0.05) is 35.5 Å². The SMILES string of the molecule is COc1ccccc1/C=C/CN1CCC(OC)(c2nc(C3CC3)no2)CC1. The molecule has 1 saturated carbocycles. The van der Waals surface area contributed by atoms with Gasteiger partial charge in [0.05, 0.1) is 7.11 Å². The Hall–Kier alpha value is -2.18. The molecule has 4 rings (SSSR count). The van der Waals surface area contributed by atoms with Crippen LogP contribution in [0.1, 0.15) is 48.9 Å². The van der Waals surface area contributed by atoms with Gasteiger partial charge in [0.1, 0.15) is 11.4 Å². The van der Waals surface area contributed by atoms with Gasteiger partial charge in [-0.05, 0) is 31.7 Å². The second-order valence-corrected chi connectivity index (χ2v) is 7.38. The molecular formula is C21H27N3O3. The van der Waals surface area contributed by atoms with Crippen molar-refractivity contribution in [2.45, 2.75) is 37.2 Å². The first-order valence-corrected chi connectivity index (χ1v) is 9.65. The molecule has 2 aliphatic rings. The van der Waals surface area contributed by atoms with Crippen LogP contribution in [-0.2, 0) is 10.3 Å². The summed E-state index contributed by atoms with van der Waals surface area (Å²) in [5, 5.41) is 4.16. The Kier molecular flexibility index (Phi) is 5.27. The molecule has 6 nitrogen and oxygen atoms in total. The van der Waals surface area contributed by atoms with E-state index in [2.05, 4.69) is 33.3 Å². The number of para-hydroxylation sites is 1. The molecule has 0 spiro atoms. The van der Waals surface area contributed by atoms with E-state index in [0.717, 1.165) is 49.6 Å². The molecule has 144 valence electrons. The van der Waals surface area contributed by atoms with Gasteiger partial charge in [0.15, 0.2) is 5.82 Å². The molecule has 0 amide bonds. The van der Waals surface area contributed by atoms with Crippen LogP contribution in [0.2, 0.25) is 0 Å². The highest BCUT2D eigenvalue weighted by molar-refractivity contribution is 5.57.